The number of nitrogens with zero attached hydrogens (tertiary/aromatic N) is 3. The third-order valence-electron chi connectivity index (χ3n) is 4.36. The number of anilines is 1. The number of H-pyrrole nitrogens is 2. The lowest BCUT2D eigenvalue weighted by Gasteiger charge is -2.38. The Morgan fingerprint density at radius 2 is 2.00 bits per heavy atom. The van der Waals surface area contributed by atoms with Gasteiger partial charge in [-0.1, -0.05) is 0 Å². The number of hydrogen-bond donors (Lipinski definition) is 3. The average molecular weight is 372 g/mol. The minimum Gasteiger partial charge on any atom is -0.367 e. The predicted molar refractivity (Wildman–Crippen MR) is 89.3 cm³/mol. The van der Waals surface area contributed by atoms with Crippen LogP contribution in [0.25, 0.3) is 11.2 Å². The number of rotatable bonds is 6. The van der Waals surface area contributed by atoms with E-state index < -0.39 is 18.8 Å². The summed E-state index contributed by atoms with van der Waals surface area (Å²) in [6.07, 6.45) is -2.03. The minimum absolute atomic E-state index is 0.0480. The van der Waals surface area contributed by atoms with E-state index in [-0.39, 0.29) is 12.2 Å². The molecular weight excluding hydrogens is 353 g/mol. The van der Waals surface area contributed by atoms with Crippen molar-refractivity contribution in [3.8, 4) is 0 Å². The van der Waals surface area contributed by atoms with E-state index in [2.05, 4.69) is 25.2 Å². The van der Waals surface area contributed by atoms with Gasteiger partial charge in [0.05, 0.1) is 18.3 Å². The van der Waals surface area contributed by atoms with Crippen LogP contribution >= 0.6 is 0 Å². The summed E-state index contributed by atoms with van der Waals surface area (Å²) in [5.41, 5.74) is 1.57. The molecule has 0 aromatic carbocycles. The summed E-state index contributed by atoms with van der Waals surface area (Å²) in [5, 5.41) is 2.28. The van der Waals surface area contributed by atoms with Crippen LogP contribution in [0, 0.1) is 0 Å². The zero-order valence-electron chi connectivity index (χ0n) is 13.8. The Bertz CT molecular complexity index is 810. The monoisotopic (exact) mass is 372 g/mol. The van der Waals surface area contributed by atoms with Crippen molar-refractivity contribution in [2.24, 2.45) is 0 Å². The Kier molecular flexibility index (Phi) is 5.28. The molecule has 26 heavy (non-hydrogen) atoms. The number of aromatic nitrogens is 3. The molecule has 1 atom stereocenters. The van der Waals surface area contributed by atoms with Crippen LogP contribution in [-0.4, -0.2) is 77.6 Å². The van der Waals surface area contributed by atoms with Crippen LogP contribution < -0.4 is 15.9 Å². The lowest BCUT2D eigenvalue weighted by atomic mass is 10.2. The van der Waals surface area contributed by atoms with E-state index in [1.807, 2.05) is 4.90 Å². The molecule has 0 spiro atoms. The summed E-state index contributed by atoms with van der Waals surface area (Å²) >= 11 is 0. The van der Waals surface area contributed by atoms with Crippen LogP contribution in [-0.2, 0) is 4.79 Å². The van der Waals surface area contributed by atoms with Crippen molar-refractivity contribution in [3.05, 3.63) is 22.7 Å². The van der Waals surface area contributed by atoms with E-state index in [9.17, 15) is 22.8 Å². The number of alkyl halides is 3. The van der Waals surface area contributed by atoms with Crippen LogP contribution in [0.2, 0.25) is 0 Å². The highest BCUT2D eigenvalue weighted by Crippen LogP contribution is 2.23. The summed E-state index contributed by atoms with van der Waals surface area (Å²) in [6, 6.07) is 1.19. The molecule has 1 unspecified atom stereocenters. The number of imidazole rings is 1. The smallest absolute Gasteiger partial charge is 0.367 e. The highest BCUT2D eigenvalue weighted by molar-refractivity contribution is 5.85. The Morgan fingerprint density at radius 3 is 2.65 bits per heavy atom. The molecule has 2 aromatic heterocycles. The van der Waals surface area contributed by atoms with Crippen LogP contribution in [0.4, 0.5) is 18.9 Å². The van der Waals surface area contributed by atoms with Crippen molar-refractivity contribution in [2.45, 2.75) is 12.2 Å². The van der Waals surface area contributed by atoms with Gasteiger partial charge in [-0.25, -0.2) is 9.78 Å². The molecule has 0 amide bonds. The molecule has 11 heteroatoms. The van der Waals surface area contributed by atoms with Gasteiger partial charge in [0.2, 0.25) is 0 Å². The summed E-state index contributed by atoms with van der Waals surface area (Å²) in [4.78, 5) is 36.0. The van der Waals surface area contributed by atoms with E-state index in [1.165, 1.54) is 0 Å². The Labute approximate surface area is 146 Å². The van der Waals surface area contributed by atoms with E-state index in [4.69, 9.17) is 0 Å². The van der Waals surface area contributed by atoms with Crippen molar-refractivity contribution < 1.29 is 18.0 Å². The molecule has 0 bridgehead atoms. The first kappa shape index (κ1) is 18.4. The minimum atomic E-state index is -4.30. The van der Waals surface area contributed by atoms with Gasteiger partial charge in [-0.3, -0.25) is 9.88 Å². The van der Waals surface area contributed by atoms with Crippen molar-refractivity contribution in [1.29, 1.82) is 0 Å². The fourth-order valence-electron chi connectivity index (χ4n) is 3.10. The molecule has 8 nitrogen and oxygen atoms in total. The largest absolute Gasteiger partial charge is 0.401 e. The summed E-state index contributed by atoms with van der Waals surface area (Å²) in [6.45, 7) is 1.04. The third-order valence-corrected chi connectivity index (χ3v) is 4.36. The molecule has 3 heterocycles. The second-order valence-corrected chi connectivity index (χ2v) is 6.11. The summed E-state index contributed by atoms with van der Waals surface area (Å²) in [5.74, 6) is 0. The predicted octanol–water partition coefficient (Wildman–Crippen LogP) is 0.0926. The number of carbonyl (C=O) groups is 1. The zero-order valence-corrected chi connectivity index (χ0v) is 13.8. The highest BCUT2D eigenvalue weighted by Gasteiger charge is 2.29. The maximum atomic E-state index is 12.2. The molecule has 1 saturated heterocycles. The van der Waals surface area contributed by atoms with Gasteiger partial charge in [0, 0.05) is 38.9 Å². The molecule has 3 N–H and O–H groups in total. The first-order chi connectivity index (χ1) is 12.4. The Morgan fingerprint density at radius 1 is 1.27 bits per heavy atom. The number of piperazine rings is 1. The van der Waals surface area contributed by atoms with Gasteiger partial charge in [0.15, 0.2) is 5.65 Å². The standard InChI is InChI=1S/C15H19F3N6O2/c16-15(17,18)9-19-7-10(8-25)23-3-5-24(6-4-23)11-1-2-20-13-12(11)21-14(26)22-13/h1-2,8,10,19H,3-7,9H2,(H2,20,21,22,26). The molecule has 3 rings (SSSR count). The number of carbonyl (C=O) groups excluding carboxylic acids is 1. The number of halogens is 3. The number of aromatic amines is 2. The highest BCUT2D eigenvalue weighted by atomic mass is 19.4. The van der Waals surface area contributed by atoms with Gasteiger partial charge in [0.1, 0.15) is 11.8 Å². The topological polar surface area (TPSA) is 97.1 Å². The molecule has 0 saturated carbocycles. The van der Waals surface area contributed by atoms with Crippen LogP contribution in [0.5, 0.6) is 0 Å². The van der Waals surface area contributed by atoms with Crippen LogP contribution in [0.3, 0.4) is 0 Å². The fraction of sp³-hybridized carbons (Fsp3) is 0.533. The number of fused-ring (bicyclic) bond motifs is 1. The van der Waals surface area contributed by atoms with E-state index >= 15 is 0 Å². The number of hydrogen-bond acceptors (Lipinski definition) is 6. The van der Waals surface area contributed by atoms with E-state index in [0.29, 0.717) is 43.6 Å². The van der Waals surface area contributed by atoms with Crippen molar-refractivity contribution in [2.75, 3.05) is 44.2 Å². The second kappa shape index (κ2) is 7.46. The third kappa shape index (κ3) is 4.22. The SMILES string of the molecule is O=CC(CNCC(F)(F)F)N1CCN(c2ccnc3[nH]c(=O)[nH]c23)CC1. The Balaban J connectivity index is 1.61. The molecule has 1 aliphatic heterocycles. The number of nitrogens with one attached hydrogen (secondary N) is 3. The first-order valence-electron chi connectivity index (χ1n) is 8.16. The van der Waals surface area contributed by atoms with E-state index in [1.54, 1.807) is 12.3 Å². The van der Waals surface area contributed by atoms with Crippen molar-refractivity contribution in [1.82, 2.24) is 25.2 Å². The van der Waals surface area contributed by atoms with Gasteiger partial charge in [-0.2, -0.15) is 13.2 Å². The van der Waals surface area contributed by atoms with Gasteiger partial charge < -0.3 is 20.0 Å². The normalized spacial score (nSPS) is 17.6. The maximum absolute atomic E-state index is 12.2. The number of aldehydes is 1. The second-order valence-electron chi connectivity index (χ2n) is 6.11. The van der Waals surface area contributed by atoms with Crippen LogP contribution in [0.1, 0.15) is 0 Å². The van der Waals surface area contributed by atoms with Gasteiger partial charge in [0.25, 0.3) is 0 Å². The number of pyridine rings is 1. The Hall–Kier alpha value is -2.40. The molecule has 1 fully saturated rings. The molecule has 142 valence electrons. The molecule has 0 radical (unpaired) electrons. The molecule has 2 aromatic rings. The summed E-state index contributed by atoms with van der Waals surface area (Å²) < 4.78 is 36.6. The fourth-order valence-corrected chi connectivity index (χ4v) is 3.10. The van der Waals surface area contributed by atoms with E-state index in [0.717, 1.165) is 5.69 Å². The zero-order chi connectivity index (χ0) is 18.7. The summed E-state index contributed by atoms with van der Waals surface area (Å²) in [7, 11) is 0. The lowest BCUT2D eigenvalue weighted by molar-refractivity contribution is -0.126. The molecule has 0 aliphatic carbocycles. The maximum Gasteiger partial charge on any atom is 0.401 e. The van der Waals surface area contributed by atoms with Gasteiger partial charge >= 0.3 is 11.9 Å². The van der Waals surface area contributed by atoms with Gasteiger partial charge in [-0.15, -0.1) is 0 Å². The van der Waals surface area contributed by atoms with Crippen molar-refractivity contribution in [3.63, 3.8) is 0 Å². The lowest BCUT2D eigenvalue weighted by Crippen LogP contribution is -2.54. The molecule has 1 aliphatic rings. The van der Waals surface area contributed by atoms with Gasteiger partial charge in [-0.05, 0) is 6.07 Å². The average Bonchev–Trinajstić information content (AvgIpc) is 2.98. The van der Waals surface area contributed by atoms with Crippen LogP contribution in [0.15, 0.2) is 17.1 Å². The van der Waals surface area contributed by atoms with Crippen molar-refractivity contribution >= 4 is 23.1 Å². The molecular formula is C15H19F3N6O2. The first-order valence-corrected chi connectivity index (χ1v) is 8.16. The quantitative estimate of drug-likeness (QED) is 0.622.